The summed E-state index contributed by atoms with van der Waals surface area (Å²) < 4.78 is 17.0. The van der Waals surface area contributed by atoms with Crippen LogP contribution in [0.5, 0.6) is 0 Å². The average molecular weight is 282 g/mol. The van der Waals surface area contributed by atoms with Crippen LogP contribution in [0.15, 0.2) is 0 Å². The van der Waals surface area contributed by atoms with Crippen molar-refractivity contribution in [3.8, 4) is 23.3 Å². The first-order valence-corrected chi connectivity index (χ1v) is 8.78. The van der Waals surface area contributed by atoms with Crippen molar-refractivity contribution in [2.45, 2.75) is 53.4 Å². The summed E-state index contributed by atoms with van der Waals surface area (Å²) in [4.78, 5) is 0. The summed E-state index contributed by atoms with van der Waals surface area (Å²) >= 11 is 0. The van der Waals surface area contributed by atoms with Gasteiger partial charge in [-0.15, -0.1) is 17.8 Å². The Morgan fingerprint density at radius 3 is 1.68 bits per heavy atom. The van der Waals surface area contributed by atoms with Crippen molar-refractivity contribution in [1.82, 2.24) is 0 Å². The average Bonchev–Trinajstić information content (AvgIpc) is 2.39. The van der Waals surface area contributed by atoms with Crippen LogP contribution in [0.2, 0.25) is 0 Å². The molecule has 4 heteroatoms. The quantitative estimate of drug-likeness (QED) is 0.369. The van der Waals surface area contributed by atoms with Gasteiger partial charge in [-0.1, -0.05) is 0 Å². The van der Waals surface area contributed by atoms with E-state index in [4.69, 9.17) is 13.3 Å². The van der Waals surface area contributed by atoms with Gasteiger partial charge >= 0.3 is 8.80 Å². The zero-order valence-electron chi connectivity index (χ0n) is 12.7. The van der Waals surface area contributed by atoms with Gasteiger partial charge in [0.25, 0.3) is 0 Å². The summed E-state index contributed by atoms with van der Waals surface area (Å²) in [6.45, 7) is 9.36. The predicted molar refractivity (Wildman–Crippen MR) is 80.3 cm³/mol. The molecule has 0 rings (SSSR count). The topological polar surface area (TPSA) is 27.7 Å². The third kappa shape index (κ3) is 8.86. The first-order chi connectivity index (χ1) is 9.24. The lowest BCUT2D eigenvalue weighted by atomic mass is 10.2. The minimum Gasteiger partial charge on any atom is -0.364 e. The Kier molecular flexibility index (Phi) is 11.8. The van der Waals surface area contributed by atoms with E-state index in [1.165, 1.54) is 0 Å². The molecular weight excluding hydrogens is 256 g/mol. The number of hydrogen-bond acceptors (Lipinski definition) is 3. The Labute approximate surface area is 119 Å². The molecule has 0 aliphatic heterocycles. The number of unbranched alkanes of at least 4 members (excludes halogenated alkanes) is 3. The molecule has 0 bridgehead atoms. The Morgan fingerprint density at radius 2 is 1.26 bits per heavy atom. The van der Waals surface area contributed by atoms with Crippen LogP contribution in [-0.2, 0) is 13.3 Å². The molecule has 0 aromatic carbocycles. The molecule has 108 valence electrons. The van der Waals surface area contributed by atoms with Gasteiger partial charge in [-0.3, -0.25) is 0 Å². The van der Waals surface area contributed by atoms with E-state index in [1.54, 1.807) is 0 Å². The molecule has 3 nitrogen and oxygen atoms in total. The van der Waals surface area contributed by atoms with E-state index >= 15 is 0 Å². The van der Waals surface area contributed by atoms with E-state index in [9.17, 15) is 0 Å². The van der Waals surface area contributed by atoms with Crippen LogP contribution in [0.4, 0.5) is 0 Å². The van der Waals surface area contributed by atoms with Crippen molar-refractivity contribution in [1.29, 1.82) is 0 Å². The Balaban J connectivity index is 4.31. The Hall–Kier alpha value is -0.783. The minimum atomic E-state index is -2.76. The second-order valence-electron chi connectivity index (χ2n) is 3.79. The van der Waals surface area contributed by atoms with Gasteiger partial charge in [-0.05, 0) is 46.1 Å². The van der Waals surface area contributed by atoms with Crippen LogP contribution in [-0.4, -0.2) is 28.6 Å². The fourth-order valence-electron chi connectivity index (χ4n) is 1.53. The number of hydrogen-bond donors (Lipinski definition) is 0. The highest BCUT2D eigenvalue weighted by atomic mass is 28.4. The van der Waals surface area contributed by atoms with Gasteiger partial charge in [0.15, 0.2) is 0 Å². The zero-order valence-corrected chi connectivity index (χ0v) is 13.7. The summed E-state index contributed by atoms with van der Waals surface area (Å²) in [6, 6.07) is 0. The van der Waals surface area contributed by atoms with Crippen LogP contribution in [0, 0.1) is 23.3 Å². The lowest BCUT2D eigenvalue weighted by molar-refractivity contribution is 0.0870. The van der Waals surface area contributed by atoms with Gasteiger partial charge in [-0.25, -0.2) is 0 Å². The monoisotopic (exact) mass is 282 g/mol. The first kappa shape index (κ1) is 18.2. The van der Waals surface area contributed by atoms with Gasteiger partial charge in [0.2, 0.25) is 0 Å². The fourth-order valence-corrected chi connectivity index (χ4v) is 3.47. The van der Waals surface area contributed by atoms with E-state index in [0.717, 1.165) is 25.7 Å². The molecular formula is C15H26O3Si. The molecule has 0 aromatic heterocycles. The van der Waals surface area contributed by atoms with Gasteiger partial charge < -0.3 is 13.3 Å². The standard InChI is InChI=1S/C15H26O3Si/c1-5-9-10-11-12-13-14-15-19(16-6-2,17-7-3)18-8-4/h6-8,10-13H2,1-4H3. The lowest BCUT2D eigenvalue weighted by Gasteiger charge is -2.22. The molecule has 0 N–H and O–H groups in total. The molecule has 0 aliphatic rings. The predicted octanol–water partition coefficient (Wildman–Crippen LogP) is 3.16. The van der Waals surface area contributed by atoms with Crippen LogP contribution >= 0.6 is 0 Å². The Bertz CT molecular complexity index is 316. The van der Waals surface area contributed by atoms with Crippen molar-refractivity contribution in [2.24, 2.45) is 0 Å². The van der Waals surface area contributed by atoms with Crippen molar-refractivity contribution < 1.29 is 13.3 Å². The molecule has 0 aliphatic carbocycles. The van der Waals surface area contributed by atoms with Gasteiger partial charge in [0.1, 0.15) is 0 Å². The van der Waals surface area contributed by atoms with Crippen LogP contribution < -0.4 is 0 Å². The zero-order chi connectivity index (χ0) is 14.4. The van der Waals surface area contributed by atoms with Crippen molar-refractivity contribution in [3.05, 3.63) is 0 Å². The third-order valence-electron chi connectivity index (χ3n) is 2.27. The molecule has 0 fully saturated rings. The molecule has 0 saturated carbocycles. The molecule has 0 saturated heterocycles. The molecule has 0 aromatic rings. The highest BCUT2D eigenvalue weighted by Crippen LogP contribution is 2.09. The van der Waals surface area contributed by atoms with Crippen LogP contribution in [0.25, 0.3) is 0 Å². The maximum atomic E-state index is 5.65. The third-order valence-corrected chi connectivity index (χ3v) is 4.76. The maximum Gasteiger partial charge on any atom is 0.591 e. The summed E-state index contributed by atoms with van der Waals surface area (Å²) in [5.74, 6) is 9.09. The second-order valence-corrected chi connectivity index (χ2v) is 6.02. The maximum absolute atomic E-state index is 5.65. The SMILES string of the molecule is CC#CCCCCC#C[Si](OCC)(OCC)OCC. The van der Waals surface area contributed by atoms with E-state index in [0.29, 0.717) is 19.8 Å². The Morgan fingerprint density at radius 1 is 0.789 bits per heavy atom. The molecule has 0 amide bonds. The normalized spacial score (nSPS) is 10.3. The van der Waals surface area contributed by atoms with E-state index in [-0.39, 0.29) is 0 Å². The molecule has 0 heterocycles. The lowest BCUT2D eigenvalue weighted by Crippen LogP contribution is -2.45. The summed E-state index contributed by atoms with van der Waals surface area (Å²) in [6.07, 6.45) is 3.93. The highest BCUT2D eigenvalue weighted by Gasteiger charge is 2.39. The minimum absolute atomic E-state index is 0.562. The summed E-state index contributed by atoms with van der Waals surface area (Å²) in [5.41, 5.74) is 3.11. The van der Waals surface area contributed by atoms with Crippen molar-refractivity contribution in [3.63, 3.8) is 0 Å². The molecule has 0 unspecified atom stereocenters. The highest BCUT2D eigenvalue weighted by molar-refractivity contribution is 6.69. The molecule has 0 spiro atoms. The largest absolute Gasteiger partial charge is 0.591 e. The van der Waals surface area contributed by atoms with Gasteiger partial charge in [-0.2, -0.15) is 0 Å². The van der Waals surface area contributed by atoms with Gasteiger partial charge in [0.05, 0.1) is 0 Å². The smallest absolute Gasteiger partial charge is 0.364 e. The van der Waals surface area contributed by atoms with E-state index in [2.05, 4.69) is 23.3 Å². The summed E-state index contributed by atoms with van der Waals surface area (Å²) in [5, 5.41) is 0. The molecule has 0 atom stereocenters. The van der Waals surface area contributed by atoms with Crippen molar-refractivity contribution in [2.75, 3.05) is 19.8 Å². The molecule has 19 heavy (non-hydrogen) atoms. The first-order valence-electron chi connectivity index (χ1n) is 7.06. The van der Waals surface area contributed by atoms with Crippen LogP contribution in [0.1, 0.15) is 53.4 Å². The second kappa shape index (κ2) is 12.3. The number of rotatable bonds is 9. The van der Waals surface area contributed by atoms with Crippen molar-refractivity contribution >= 4 is 8.80 Å². The fraction of sp³-hybridized carbons (Fsp3) is 0.733. The van der Waals surface area contributed by atoms with E-state index in [1.807, 2.05) is 27.7 Å². The van der Waals surface area contributed by atoms with E-state index < -0.39 is 8.80 Å². The summed E-state index contributed by atoms with van der Waals surface area (Å²) in [7, 11) is -2.76. The molecule has 0 radical (unpaired) electrons. The van der Waals surface area contributed by atoms with Gasteiger partial charge in [0, 0.05) is 32.7 Å². The van der Waals surface area contributed by atoms with Crippen LogP contribution in [0.3, 0.4) is 0 Å².